The number of carbonyl (C=O) groups excluding carboxylic acids is 2. The summed E-state index contributed by atoms with van der Waals surface area (Å²) in [4.78, 5) is 23.1. The Labute approximate surface area is 124 Å². The van der Waals surface area contributed by atoms with E-state index in [0.29, 0.717) is 23.6 Å². The molecule has 1 aromatic carbocycles. The summed E-state index contributed by atoms with van der Waals surface area (Å²) < 4.78 is 15.1. The molecule has 0 spiro atoms. The van der Waals surface area contributed by atoms with Crippen molar-refractivity contribution < 1.29 is 23.8 Å². The van der Waals surface area contributed by atoms with E-state index in [1.54, 1.807) is 18.2 Å². The van der Waals surface area contributed by atoms with Gasteiger partial charge in [-0.1, -0.05) is 13.3 Å². The van der Waals surface area contributed by atoms with Gasteiger partial charge >= 0.3 is 5.97 Å². The van der Waals surface area contributed by atoms with Crippen molar-refractivity contribution in [3.8, 4) is 11.5 Å². The van der Waals surface area contributed by atoms with E-state index in [9.17, 15) is 9.59 Å². The monoisotopic (exact) mass is 295 g/mol. The molecule has 0 saturated heterocycles. The van der Waals surface area contributed by atoms with Crippen LogP contribution in [0.15, 0.2) is 18.2 Å². The number of amides is 1. The Bertz CT molecular complexity index is 487. The van der Waals surface area contributed by atoms with Gasteiger partial charge in [0.05, 0.1) is 19.9 Å². The zero-order valence-electron chi connectivity index (χ0n) is 12.6. The van der Waals surface area contributed by atoms with Crippen LogP contribution in [0.2, 0.25) is 0 Å². The molecule has 1 amide bonds. The van der Waals surface area contributed by atoms with E-state index in [4.69, 9.17) is 14.2 Å². The average molecular weight is 295 g/mol. The Morgan fingerprint density at radius 3 is 2.57 bits per heavy atom. The number of anilines is 1. The first-order valence-corrected chi connectivity index (χ1v) is 6.78. The fraction of sp³-hybridized carbons (Fsp3) is 0.467. The number of ether oxygens (including phenoxy) is 3. The van der Waals surface area contributed by atoms with Crippen molar-refractivity contribution in [2.24, 2.45) is 0 Å². The van der Waals surface area contributed by atoms with Gasteiger partial charge in [-0.25, -0.2) is 0 Å². The van der Waals surface area contributed by atoms with E-state index in [1.165, 1.54) is 14.2 Å². The maximum Gasteiger partial charge on any atom is 0.306 e. The summed E-state index contributed by atoms with van der Waals surface area (Å²) in [7, 11) is 3.03. The standard InChI is InChI=1S/C15H21NO5/c1-4-5-6-15(18)21-10-14(17)16-12-9-11(19-2)7-8-13(12)20-3/h7-9H,4-6,10H2,1-3H3,(H,16,17). The van der Waals surface area contributed by atoms with E-state index in [1.807, 2.05) is 6.92 Å². The van der Waals surface area contributed by atoms with Crippen LogP contribution in [0.1, 0.15) is 26.2 Å². The van der Waals surface area contributed by atoms with Crippen LogP contribution < -0.4 is 14.8 Å². The molecule has 0 aliphatic carbocycles. The van der Waals surface area contributed by atoms with Crippen molar-refractivity contribution in [2.45, 2.75) is 26.2 Å². The topological polar surface area (TPSA) is 73.9 Å². The summed E-state index contributed by atoms with van der Waals surface area (Å²) in [6.45, 7) is 1.66. The Morgan fingerprint density at radius 2 is 1.95 bits per heavy atom. The second-order valence-electron chi connectivity index (χ2n) is 4.38. The van der Waals surface area contributed by atoms with E-state index >= 15 is 0 Å². The molecule has 21 heavy (non-hydrogen) atoms. The SMILES string of the molecule is CCCCC(=O)OCC(=O)Nc1cc(OC)ccc1OC. The number of benzene rings is 1. The summed E-state index contributed by atoms with van der Waals surface area (Å²) in [5.41, 5.74) is 0.464. The summed E-state index contributed by atoms with van der Waals surface area (Å²) in [6, 6.07) is 5.04. The second kappa shape index (κ2) is 8.84. The molecular weight excluding hydrogens is 274 g/mol. The minimum absolute atomic E-state index is 0.317. The van der Waals surface area contributed by atoms with Gasteiger partial charge < -0.3 is 19.5 Å². The Morgan fingerprint density at radius 1 is 1.19 bits per heavy atom. The second-order valence-corrected chi connectivity index (χ2v) is 4.38. The maximum atomic E-state index is 11.8. The van der Waals surface area contributed by atoms with Gasteiger partial charge in [0.1, 0.15) is 11.5 Å². The largest absolute Gasteiger partial charge is 0.497 e. The molecule has 116 valence electrons. The van der Waals surface area contributed by atoms with Crippen LogP contribution in [0.25, 0.3) is 0 Å². The van der Waals surface area contributed by atoms with Gasteiger partial charge in [-0.05, 0) is 18.6 Å². The average Bonchev–Trinajstić information content (AvgIpc) is 2.50. The third-order valence-electron chi connectivity index (χ3n) is 2.78. The number of hydrogen-bond donors (Lipinski definition) is 1. The molecule has 0 bridgehead atoms. The highest BCUT2D eigenvalue weighted by Gasteiger charge is 2.11. The minimum Gasteiger partial charge on any atom is -0.497 e. The highest BCUT2D eigenvalue weighted by molar-refractivity contribution is 5.94. The minimum atomic E-state index is -0.425. The molecule has 1 rings (SSSR count). The number of carbonyl (C=O) groups is 2. The van der Waals surface area contributed by atoms with Crippen molar-refractivity contribution in [3.63, 3.8) is 0 Å². The van der Waals surface area contributed by atoms with Crippen molar-refractivity contribution in [1.82, 2.24) is 0 Å². The predicted octanol–water partition coefficient (Wildman–Crippen LogP) is 2.38. The first-order chi connectivity index (χ1) is 10.1. The van der Waals surface area contributed by atoms with Crippen molar-refractivity contribution in [3.05, 3.63) is 18.2 Å². The smallest absolute Gasteiger partial charge is 0.306 e. The lowest BCUT2D eigenvalue weighted by molar-refractivity contribution is -0.147. The number of rotatable bonds is 8. The highest BCUT2D eigenvalue weighted by Crippen LogP contribution is 2.28. The fourth-order valence-corrected chi connectivity index (χ4v) is 1.64. The van der Waals surface area contributed by atoms with Gasteiger partial charge in [-0.15, -0.1) is 0 Å². The first kappa shape index (κ1) is 16.8. The van der Waals surface area contributed by atoms with Crippen LogP contribution in [0.4, 0.5) is 5.69 Å². The third kappa shape index (κ3) is 5.72. The Kier molecular flexibility index (Phi) is 7.08. The third-order valence-corrected chi connectivity index (χ3v) is 2.78. The van der Waals surface area contributed by atoms with Gasteiger partial charge in [0.25, 0.3) is 5.91 Å². The van der Waals surface area contributed by atoms with E-state index in [2.05, 4.69) is 5.32 Å². The van der Waals surface area contributed by atoms with Crippen LogP contribution in [-0.4, -0.2) is 32.7 Å². The molecule has 0 heterocycles. The zero-order chi connectivity index (χ0) is 15.7. The lowest BCUT2D eigenvalue weighted by Gasteiger charge is -2.11. The van der Waals surface area contributed by atoms with Crippen LogP contribution in [-0.2, 0) is 14.3 Å². The Balaban J connectivity index is 2.56. The van der Waals surface area contributed by atoms with Crippen LogP contribution in [0, 0.1) is 0 Å². The first-order valence-electron chi connectivity index (χ1n) is 6.78. The van der Waals surface area contributed by atoms with E-state index < -0.39 is 5.91 Å². The van der Waals surface area contributed by atoms with Crippen molar-refractivity contribution in [1.29, 1.82) is 0 Å². The fourth-order valence-electron chi connectivity index (χ4n) is 1.64. The van der Waals surface area contributed by atoms with E-state index in [-0.39, 0.29) is 12.6 Å². The quantitative estimate of drug-likeness (QED) is 0.745. The molecule has 0 radical (unpaired) electrons. The Hall–Kier alpha value is -2.24. The lowest BCUT2D eigenvalue weighted by Crippen LogP contribution is -2.21. The molecule has 0 fully saturated rings. The van der Waals surface area contributed by atoms with Crippen molar-refractivity contribution >= 4 is 17.6 Å². The molecule has 0 aliphatic heterocycles. The van der Waals surface area contributed by atoms with Crippen LogP contribution in [0.3, 0.4) is 0 Å². The van der Waals surface area contributed by atoms with Gasteiger partial charge in [0.2, 0.25) is 0 Å². The van der Waals surface area contributed by atoms with Gasteiger partial charge in [0, 0.05) is 12.5 Å². The normalized spacial score (nSPS) is 9.86. The number of esters is 1. The van der Waals surface area contributed by atoms with Gasteiger partial charge in [-0.3, -0.25) is 9.59 Å². The molecule has 0 unspecified atom stereocenters. The molecule has 0 saturated carbocycles. The summed E-state index contributed by atoms with van der Waals surface area (Å²) in [5, 5.41) is 2.63. The number of hydrogen-bond acceptors (Lipinski definition) is 5. The molecule has 1 aromatic rings. The predicted molar refractivity (Wildman–Crippen MR) is 78.7 cm³/mol. The maximum absolute atomic E-state index is 11.8. The van der Waals surface area contributed by atoms with E-state index in [0.717, 1.165) is 12.8 Å². The van der Waals surface area contributed by atoms with Crippen LogP contribution in [0.5, 0.6) is 11.5 Å². The number of unbranched alkanes of at least 4 members (excludes halogenated alkanes) is 1. The molecular formula is C15H21NO5. The molecule has 0 aliphatic rings. The summed E-state index contributed by atoms with van der Waals surface area (Å²) in [5.74, 6) is 0.295. The highest BCUT2D eigenvalue weighted by atomic mass is 16.5. The molecule has 0 atom stereocenters. The number of nitrogens with one attached hydrogen (secondary N) is 1. The van der Waals surface area contributed by atoms with Gasteiger partial charge in [0.15, 0.2) is 6.61 Å². The molecule has 0 aromatic heterocycles. The molecule has 1 N–H and O–H groups in total. The lowest BCUT2D eigenvalue weighted by atomic mass is 10.2. The van der Waals surface area contributed by atoms with Crippen molar-refractivity contribution in [2.75, 3.05) is 26.1 Å². The zero-order valence-corrected chi connectivity index (χ0v) is 12.6. The number of methoxy groups -OCH3 is 2. The summed E-state index contributed by atoms with van der Waals surface area (Å²) in [6.07, 6.45) is 1.98. The van der Waals surface area contributed by atoms with Crippen LogP contribution >= 0.6 is 0 Å². The molecule has 6 heteroatoms. The van der Waals surface area contributed by atoms with Gasteiger partial charge in [-0.2, -0.15) is 0 Å². The summed E-state index contributed by atoms with van der Waals surface area (Å²) >= 11 is 0. The molecule has 6 nitrogen and oxygen atoms in total.